The van der Waals surface area contributed by atoms with Crippen LogP contribution >= 0.6 is 0 Å². The number of halogens is 1. The van der Waals surface area contributed by atoms with Gasteiger partial charge in [0.2, 0.25) is 5.91 Å². The van der Waals surface area contributed by atoms with Gasteiger partial charge in [-0.2, -0.15) is 5.10 Å². The Morgan fingerprint density at radius 2 is 2.26 bits per heavy atom. The van der Waals surface area contributed by atoms with Crippen molar-refractivity contribution in [3.05, 3.63) is 52.1 Å². The van der Waals surface area contributed by atoms with Crippen LogP contribution in [0.2, 0.25) is 0 Å². The molecule has 1 heterocycles. The van der Waals surface area contributed by atoms with Crippen LogP contribution < -0.4 is 5.32 Å². The summed E-state index contributed by atoms with van der Waals surface area (Å²) in [5.74, 6) is -0.235. The average molecular weight is 315 g/mol. The zero-order chi connectivity index (χ0) is 16.4. The normalized spacial score (nSPS) is 16.9. The zero-order valence-corrected chi connectivity index (χ0v) is 13.6. The number of hydrogen-bond donors (Lipinski definition) is 2. The molecule has 23 heavy (non-hydrogen) atoms. The predicted molar refractivity (Wildman–Crippen MR) is 86.6 cm³/mol. The molecule has 1 aliphatic rings. The fourth-order valence-electron chi connectivity index (χ4n) is 3.37. The minimum Gasteiger partial charge on any atom is -0.349 e. The summed E-state index contributed by atoms with van der Waals surface area (Å²) in [5, 5.41) is 10.2. The summed E-state index contributed by atoms with van der Waals surface area (Å²) in [5.41, 5.74) is 5.14. The molecule has 2 N–H and O–H groups in total. The van der Waals surface area contributed by atoms with E-state index in [9.17, 15) is 9.18 Å². The lowest BCUT2D eigenvalue weighted by atomic mass is 9.87. The topological polar surface area (TPSA) is 57.8 Å². The lowest BCUT2D eigenvalue weighted by Gasteiger charge is -2.26. The van der Waals surface area contributed by atoms with Crippen LogP contribution in [-0.2, 0) is 17.6 Å². The van der Waals surface area contributed by atoms with Crippen molar-refractivity contribution in [3.8, 4) is 0 Å². The van der Waals surface area contributed by atoms with E-state index in [-0.39, 0.29) is 17.8 Å². The predicted octanol–water partition coefficient (Wildman–Crippen LogP) is 3.29. The van der Waals surface area contributed by atoms with Gasteiger partial charge >= 0.3 is 0 Å². The summed E-state index contributed by atoms with van der Waals surface area (Å²) < 4.78 is 13.5. The highest BCUT2D eigenvalue weighted by molar-refractivity contribution is 5.77. The number of aromatic amines is 1. The third-order valence-corrected chi connectivity index (χ3v) is 4.64. The molecule has 2 aromatic rings. The first kappa shape index (κ1) is 15.7. The molecular formula is C18H22FN3O. The van der Waals surface area contributed by atoms with Crippen molar-refractivity contribution < 1.29 is 9.18 Å². The van der Waals surface area contributed by atoms with Crippen LogP contribution in [0.1, 0.15) is 53.4 Å². The molecular weight excluding hydrogens is 293 g/mol. The molecule has 0 bridgehead atoms. The van der Waals surface area contributed by atoms with Crippen molar-refractivity contribution in [2.75, 3.05) is 0 Å². The van der Waals surface area contributed by atoms with Crippen LogP contribution in [-0.4, -0.2) is 16.1 Å². The number of rotatable bonds is 4. The summed E-state index contributed by atoms with van der Waals surface area (Å²) in [4.78, 5) is 12.3. The largest absolute Gasteiger partial charge is 0.349 e. The van der Waals surface area contributed by atoms with Gasteiger partial charge in [-0.15, -0.1) is 0 Å². The number of carbonyl (C=O) groups is 1. The van der Waals surface area contributed by atoms with Gasteiger partial charge in [0.15, 0.2) is 0 Å². The lowest BCUT2D eigenvalue weighted by molar-refractivity contribution is -0.121. The fraction of sp³-hybridized carbons (Fsp3) is 0.444. The maximum Gasteiger partial charge on any atom is 0.220 e. The highest BCUT2D eigenvalue weighted by atomic mass is 19.1. The molecule has 3 rings (SSSR count). The second kappa shape index (κ2) is 6.52. The third-order valence-electron chi connectivity index (χ3n) is 4.64. The summed E-state index contributed by atoms with van der Waals surface area (Å²) in [6.45, 7) is 3.91. The van der Waals surface area contributed by atoms with Crippen LogP contribution in [0.15, 0.2) is 18.2 Å². The minimum absolute atomic E-state index is 0.00658. The molecule has 0 fully saturated rings. The molecule has 1 aromatic heterocycles. The maximum atomic E-state index is 13.5. The van der Waals surface area contributed by atoms with Crippen molar-refractivity contribution in [1.82, 2.24) is 15.5 Å². The van der Waals surface area contributed by atoms with Crippen LogP contribution in [0.5, 0.6) is 0 Å². The molecule has 4 nitrogen and oxygen atoms in total. The molecule has 5 heteroatoms. The highest BCUT2D eigenvalue weighted by Crippen LogP contribution is 2.30. The molecule has 0 aliphatic heterocycles. The van der Waals surface area contributed by atoms with Gasteiger partial charge in [-0.1, -0.05) is 6.07 Å². The highest BCUT2D eigenvalue weighted by Gasteiger charge is 2.22. The summed E-state index contributed by atoms with van der Waals surface area (Å²) in [6, 6.07) is 4.81. The second-order valence-electron chi connectivity index (χ2n) is 6.27. The van der Waals surface area contributed by atoms with E-state index < -0.39 is 0 Å². The van der Waals surface area contributed by atoms with Crippen molar-refractivity contribution in [2.45, 2.75) is 52.0 Å². The SMILES string of the molecule is Cc1n[nH]c(C)c1CCC(=O)N[C@H]1CCCc2ccc(F)cc21. The number of amides is 1. The fourth-order valence-corrected chi connectivity index (χ4v) is 3.37. The number of aryl methyl sites for hydroxylation is 3. The standard InChI is InChI=1S/C18H22FN3O/c1-11-15(12(2)22-21-11)8-9-18(23)20-17-5-3-4-13-6-7-14(19)10-16(13)17/h6-7,10,17H,3-5,8-9H2,1-2H3,(H,20,23)(H,21,22)/t17-/m0/s1. The molecule has 1 aliphatic carbocycles. The van der Waals surface area contributed by atoms with E-state index >= 15 is 0 Å². The Morgan fingerprint density at radius 3 is 3.00 bits per heavy atom. The minimum atomic E-state index is -0.241. The van der Waals surface area contributed by atoms with E-state index in [1.54, 1.807) is 6.07 Å². The molecule has 0 radical (unpaired) electrons. The van der Waals surface area contributed by atoms with Gasteiger partial charge in [-0.3, -0.25) is 9.89 Å². The molecule has 1 atom stereocenters. The first-order valence-electron chi connectivity index (χ1n) is 8.12. The van der Waals surface area contributed by atoms with Gasteiger partial charge in [-0.25, -0.2) is 4.39 Å². The maximum absolute atomic E-state index is 13.5. The monoisotopic (exact) mass is 315 g/mol. The molecule has 122 valence electrons. The van der Waals surface area contributed by atoms with Gasteiger partial charge in [0.05, 0.1) is 11.7 Å². The number of benzene rings is 1. The van der Waals surface area contributed by atoms with E-state index in [1.165, 1.54) is 6.07 Å². The zero-order valence-electron chi connectivity index (χ0n) is 13.6. The molecule has 0 saturated heterocycles. The first-order chi connectivity index (χ1) is 11.0. The van der Waals surface area contributed by atoms with E-state index in [0.717, 1.165) is 47.3 Å². The van der Waals surface area contributed by atoms with Crippen LogP contribution in [0.4, 0.5) is 4.39 Å². The Hall–Kier alpha value is -2.17. The number of aromatic nitrogens is 2. The number of carbonyl (C=O) groups excluding carboxylic acids is 1. The lowest BCUT2D eigenvalue weighted by Crippen LogP contribution is -2.31. The average Bonchev–Trinajstić information content (AvgIpc) is 2.84. The van der Waals surface area contributed by atoms with Gasteiger partial charge < -0.3 is 5.32 Å². The second-order valence-corrected chi connectivity index (χ2v) is 6.27. The number of fused-ring (bicyclic) bond motifs is 1. The molecule has 0 spiro atoms. The van der Waals surface area contributed by atoms with Crippen LogP contribution in [0.25, 0.3) is 0 Å². The number of nitrogens with one attached hydrogen (secondary N) is 2. The third kappa shape index (κ3) is 3.44. The Balaban J connectivity index is 1.64. The van der Waals surface area contributed by atoms with E-state index in [4.69, 9.17) is 0 Å². The molecule has 0 unspecified atom stereocenters. The van der Waals surface area contributed by atoms with Gasteiger partial charge in [-0.05, 0) is 68.4 Å². The first-order valence-corrected chi connectivity index (χ1v) is 8.12. The molecule has 1 amide bonds. The van der Waals surface area contributed by atoms with Gasteiger partial charge in [0.25, 0.3) is 0 Å². The van der Waals surface area contributed by atoms with E-state index in [1.807, 2.05) is 19.9 Å². The molecule has 1 aromatic carbocycles. The summed E-state index contributed by atoms with van der Waals surface area (Å²) >= 11 is 0. The van der Waals surface area contributed by atoms with Crippen molar-refractivity contribution >= 4 is 5.91 Å². The Kier molecular flexibility index (Phi) is 4.46. The number of nitrogens with zero attached hydrogens (tertiary/aromatic N) is 1. The van der Waals surface area contributed by atoms with Crippen LogP contribution in [0.3, 0.4) is 0 Å². The number of hydrogen-bond acceptors (Lipinski definition) is 2. The van der Waals surface area contributed by atoms with Gasteiger partial charge in [0.1, 0.15) is 5.82 Å². The Bertz CT molecular complexity index is 704. The Morgan fingerprint density at radius 1 is 1.43 bits per heavy atom. The van der Waals surface area contributed by atoms with E-state index in [0.29, 0.717) is 12.8 Å². The Labute approximate surface area is 135 Å². The smallest absolute Gasteiger partial charge is 0.220 e. The molecule has 0 saturated carbocycles. The van der Waals surface area contributed by atoms with Crippen LogP contribution in [0, 0.1) is 19.7 Å². The number of H-pyrrole nitrogens is 1. The van der Waals surface area contributed by atoms with Crippen molar-refractivity contribution in [1.29, 1.82) is 0 Å². The van der Waals surface area contributed by atoms with Gasteiger partial charge in [0, 0.05) is 12.1 Å². The van der Waals surface area contributed by atoms with E-state index in [2.05, 4.69) is 15.5 Å². The summed E-state index contributed by atoms with van der Waals surface area (Å²) in [6.07, 6.45) is 3.93. The summed E-state index contributed by atoms with van der Waals surface area (Å²) in [7, 11) is 0. The quantitative estimate of drug-likeness (QED) is 0.909. The van der Waals surface area contributed by atoms with Crippen molar-refractivity contribution in [3.63, 3.8) is 0 Å². The van der Waals surface area contributed by atoms with Crippen molar-refractivity contribution in [2.24, 2.45) is 0 Å².